The Morgan fingerprint density at radius 1 is 1.38 bits per heavy atom. The number of aromatic nitrogens is 3. The molecule has 2 aromatic heterocycles. The highest BCUT2D eigenvalue weighted by molar-refractivity contribution is 8.03. The highest BCUT2D eigenvalue weighted by atomic mass is 32.2. The van der Waals surface area contributed by atoms with Gasteiger partial charge >= 0.3 is 0 Å². The Hall–Kier alpha value is -1.10. The molecule has 16 heavy (non-hydrogen) atoms. The van der Waals surface area contributed by atoms with Crippen LogP contribution in [0.2, 0.25) is 0 Å². The first-order valence-corrected chi connectivity index (χ1v) is 7.09. The highest BCUT2D eigenvalue weighted by Gasteiger charge is 2.05. The lowest BCUT2D eigenvalue weighted by Crippen LogP contribution is -1.81. The van der Waals surface area contributed by atoms with Gasteiger partial charge in [0.25, 0.3) is 0 Å². The van der Waals surface area contributed by atoms with Gasteiger partial charge in [-0.1, -0.05) is 34.9 Å². The molecule has 0 aliphatic rings. The summed E-state index contributed by atoms with van der Waals surface area (Å²) in [6.07, 6.45) is 3.59. The van der Waals surface area contributed by atoms with E-state index in [-0.39, 0.29) is 0 Å². The number of hydrogen-bond donors (Lipinski definition) is 0. The van der Waals surface area contributed by atoms with Gasteiger partial charge in [-0.3, -0.25) is 0 Å². The van der Waals surface area contributed by atoms with E-state index in [0.29, 0.717) is 5.69 Å². The van der Waals surface area contributed by atoms with E-state index in [1.807, 2.05) is 18.4 Å². The van der Waals surface area contributed by atoms with Crippen LogP contribution < -0.4 is 0 Å². The normalized spacial score (nSPS) is 10.0. The molecule has 0 spiro atoms. The molecule has 0 N–H and O–H groups in total. The molecule has 0 atom stereocenters. The quantitative estimate of drug-likeness (QED) is 0.796. The molecule has 80 valence electrons. The summed E-state index contributed by atoms with van der Waals surface area (Å²) in [6, 6.07) is 5.60. The van der Waals surface area contributed by atoms with Crippen molar-refractivity contribution in [3.63, 3.8) is 0 Å². The van der Waals surface area contributed by atoms with Crippen molar-refractivity contribution in [3.8, 4) is 6.07 Å². The van der Waals surface area contributed by atoms with Crippen molar-refractivity contribution in [2.45, 2.75) is 13.6 Å². The van der Waals surface area contributed by atoms with E-state index in [1.54, 1.807) is 35.4 Å². The summed E-state index contributed by atoms with van der Waals surface area (Å²) in [5.74, 6) is 0. The third-order valence-electron chi connectivity index (χ3n) is 1.61. The van der Waals surface area contributed by atoms with Gasteiger partial charge in [-0.05, 0) is 18.4 Å². The molecular formula is C9H6N4S3. The summed E-state index contributed by atoms with van der Waals surface area (Å²) in [5, 5.41) is 16.8. The first-order chi connectivity index (χ1) is 7.81. The number of thioether (sulfide) groups is 1. The topological polar surface area (TPSA) is 62.5 Å². The average Bonchev–Trinajstić information content (AvgIpc) is 2.77. The van der Waals surface area contributed by atoms with Gasteiger partial charge < -0.3 is 0 Å². The standard InChI is InChI=1S/C9H6N4S3/c1-14-8-12-13-9(16-8)15-7-2-3-11-6(4-7)5-10/h2-4H,1H3. The van der Waals surface area contributed by atoms with E-state index in [1.165, 1.54) is 11.8 Å². The van der Waals surface area contributed by atoms with Gasteiger partial charge in [-0.15, -0.1) is 10.2 Å². The Kier molecular flexibility index (Phi) is 3.77. The van der Waals surface area contributed by atoms with E-state index in [0.717, 1.165) is 13.6 Å². The SMILES string of the molecule is CSc1nnc(Sc2ccnc(C#N)c2)s1. The van der Waals surface area contributed by atoms with Crippen LogP contribution in [0.15, 0.2) is 31.9 Å². The van der Waals surface area contributed by atoms with Crippen molar-refractivity contribution in [1.82, 2.24) is 15.2 Å². The molecule has 0 unspecified atom stereocenters. The largest absolute Gasteiger partial charge is 0.245 e. The lowest BCUT2D eigenvalue weighted by atomic mass is 10.4. The van der Waals surface area contributed by atoms with Gasteiger partial charge in [0.05, 0.1) is 0 Å². The van der Waals surface area contributed by atoms with Crippen LogP contribution in [0.25, 0.3) is 0 Å². The van der Waals surface area contributed by atoms with Crippen molar-refractivity contribution in [2.75, 3.05) is 6.26 Å². The fraction of sp³-hybridized carbons (Fsp3) is 0.111. The van der Waals surface area contributed by atoms with Crippen molar-refractivity contribution in [3.05, 3.63) is 24.0 Å². The summed E-state index contributed by atoms with van der Waals surface area (Å²) in [4.78, 5) is 4.86. The van der Waals surface area contributed by atoms with Crippen LogP contribution in [0.1, 0.15) is 5.69 Å². The van der Waals surface area contributed by atoms with Crippen molar-refractivity contribution < 1.29 is 0 Å². The van der Waals surface area contributed by atoms with Crippen LogP contribution in [0.3, 0.4) is 0 Å². The zero-order chi connectivity index (χ0) is 11.4. The molecule has 2 rings (SSSR count). The van der Waals surface area contributed by atoms with Gasteiger partial charge in [-0.2, -0.15) is 5.26 Å². The molecule has 2 aromatic rings. The van der Waals surface area contributed by atoms with Gasteiger partial charge in [0, 0.05) is 11.1 Å². The first-order valence-electron chi connectivity index (χ1n) is 4.23. The van der Waals surface area contributed by atoms with E-state index in [4.69, 9.17) is 5.26 Å². The summed E-state index contributed by atoms with van der Waals surface area (Å²) < 4.78 is 1.82. The molecule has 0 aromatic carbocycles. The Balaban J connectivity index is 2.17. The number of rotatable bonds is 3. The predicted octanol–water partition coefficient (Wildman–Crippen LogP) is 2.68. The third-order valence-corrected chi connectivity index (χ3v) is 4.55. The maximum Gasteiger partial charge on any atom is 0.179 e. The minimum Gasteiger partial charge on any atom is -0.245 e. The predicted molar refractivity (Wildman–Crippen MR) is 64.8 cm³/mol. The zero-order valence-electron chi connectivity index (χ0n) is 8.25. The van der Waals surface area contributed by atoms with E-state index >= 15 is 0 Å². The van der Waals surface area contributed by atoms with Crippen LogP contribution in [0.5, 0.6) is 0 Å². The fourth-order valence-electron chi connectivity index (χ4n) is 0.958. The first kappa shape index (κ1) is 11.4. The van der Waals surface area contributed by atoms with Crippen molar-refractivity contribution in [1.29, 1.82) is 5.26 Å². The van der Waals surface area contributed by atoms with E-state index in [2.05, 4.69) is 15.2 Å². The maximum atomic E-state index is 8.72. The molecular weight excluding hydrogens is 260 g/mol. The van der Waals surface area contributed by atoms with Crippen molar-refractivity contribution >= 4 is 34.9 Å². The minimum absolute atomic E-state index is 0.416. The number of pyridine rings is 1. The Bertz CT molecular complexity index is 532. The third kappa shape index (κ3) is 2.72. The summed E-state index contributed by atoms with van der Waals surface area (Å²) >= 11 is 4.61. The lowest BCUT2D eigenvalue weighted by Gasteiger charge is -1.95. The molecule has 4 nitrogen and oxygen atoms in total. The van der Waals surface area contributed by atoms with Gasteiger partial charge in [-0.25, -0.2) is 4.98 Å². The van der Waals surface area contributed by atoms with Crippen LogP contribution in [0.4, 0.5) is 0 Å². The van der Waals surface area contributed by atoms with Crippen LogP contribution in [-0.4, -0.2) is 21.4 Å². The summed E-state index contributed by atoms with van der Waals surface area (Å²) in [6.45, 7) is 0. The molecule has 0 saturated heterocycles. The van der Waals surface area contributed by atoms with Crippen LogP contribution in [-0.2, 0) is 0 Å². The second kappa shape index (κ2) is 5.30. The van der Waals surface area contributed by atoms with Gasteiger partial charge in [0.2, 0.25) is 0 Å². The smallest absolute Gasteiger partial charge is 0.179 e. The second-order valence-corrected chi connectivity index (χ2v) is 5.98. The summed E-state index contributed by atoms with van der Waals surface area (Å²) in [7, 11) is 0. The van der Waals surface area contributed by atoms with Gasteiger partial charge in [0.15, 0.2) is 8.68 Å². The fourth-order valence-corrected chi connectivity index (χ4v) is 3.40. The summed E-state index contributed by atoms with van der Waals surface area (Å²) in [5.41, 5.74) is 0.416. The Morgan fingerprint density at radius 3 is 2.88 bits per heavy atom. The molecule has 0 bridgehead atoms. The molecule has 2 heterocycles. The number of nitrogens with zero attached hydrogens (tertiary/aromatic N) is 4. The molecule has 0 aliphatic carbocycles. The maximum absolute atomic E-state index is 8.72. The molecule has 7 heteroatoms. The zero-order valence-corrected chi connectivity index (χ0v) is 10.7. The Labute approximate surface area is 105 Å². The average molecular weight is 266 g/mol. The van der Waals surface area contributed by atoms with Crippen LogP contribution >= 0.6 is 34.9 Å². The molecule has 0 amide bonds. The van der Waals surface area contributed by atoms with Crippen molar-refractivity contribution in [2.24, 2.45) is 0 Å². The number of hydrogen-bond acceptors (Lipinski definition) is 7. The Morgan fingerprint density at radius 2 is 2.19 bits per heavy atom. The second-order valence-electron chi connectivity index (χ2n) is 2.63. The minimum atomic E-state index is 0.416. The van der Waals surface area contributed by atoms with E-state index in [9.17, 15) is 0 Å². The molecule has 0 fully saturated rings. The molecule has 0 saturated carbocycles. The molecule has 0 radical (unpaired) electrons. The van der Waals surface area contributed by atoms with Gasteiger partial charge in [0.1, 0.15) is 11.8 Å². The number of nitriles is 1. The van der Waals surface area contributed by atoms with E-state index < -0.39 is 0 Å². The molecule has 0 aliphatic heterocycles. The monoisotopic (exact) mass is 266 g/mol. The lowest BCUT2D eigenvalue weighted by molar-refractivity contribution is 0.955. The van der Waals surface area contributed by atoms with Crippen LogP contribution in [0, 0.1) is 11.3 Å². The highest BCUT2D eigenvalue weighted by Crippen LogP contribution is 2.32.